The smallest absolute Gasteiger partial charge is 0.195 e. The highest BCUT2D eigenvalue weighted by atomic mass is 16.5. The molecule has 0 saturated heterocycles. The number of hydrogen-bond donors (Lipinski definition) is 0. The van der Waals surface area contributed by atoms with E-state index in [1.807, 2.05) is 12.1 Å². The zero-order valence-corrected chi connectivity index (χ0v) is 7.98. The first-order valence-electron chi connectivity index (χ1n) is 4.97. The van der Waals surface area contributed by atoms with E-state index in [9.17, 15) is 10.0 Å². The molecule has 0 atom stereocenters. The summed E-state index contributed by atoms with van der Waals surface area (Å²) in [6, 6.07) is 5.46. The molecule has 1 aromatic rings. The number of hydrogen-bond acceptors (Lipinski definition) is 2. The Hall–Kier alpha value is -1.38. The van der Waals surface area contributed by atoms with Gasteiger partial charge in [0.05, 0.1) is 0 Å². The van der Waals surface area contributed by atoms with Gasteiger partial charge in [0.2, 0.25) is 0 Å². The van der Waals surface area contributed by atoms with Gasteiger partial charge in [0.1, 0.15) is 5.78 Å². The van der Waals surface area contributed by atoms with Crippen LogP contribution in [0.4, 0.5) is 0 Å². The third-order valence-electron chi connectivity index (χ3n) is 2.82. The summed E-state index contributed by atoms with van der Waals surface area (Å²) in [5.41, 5.74) is 0.806. The summed E-state index contributed by atoms with van der Waals surface area (Å²) in [4.78, 5) is 11.0. The Labute approximate surface area is 83.0 Å². The van der Waals surface area contributed by atoms with Gasteiger partial charge < -0.3 is 5.21 Å². The summed E-state index contributed by atoms with van der Waals surface area (Å²) < 4.78 is 0.917. The second-order valence-corrected chi connectivity index (χ2v) is 3.76. The van der Waals surface area contributed by atoms with Gasteiger partial charge in [-0.2, -0.15) is 4.73 Å². The molecule has 0 aromatic carbocycles. The van der Waals surface area contributed by atoms with Crippen LogP contribution < -0.4 is 4.73 Å². The fourth-order valence-electron chi connectivity index (χ4n) is 1.99. The van der Waals surface area contributed by atoms with E-state index in [1.165, 1.54) is 6.20 Å². The molecule has 0 spiro atoms. The van der Waals surface area contributed by atoms with Crippen molar-refractivity contribution < 1.29 is 9.52 Å². The largest absolute Gasteiger partial charge is 0.618 e. The van der Waals surface area contributed by atoms with E-state index in [1.54, 1.807) is 6.07 Å². The minimum Gasteiger partial charge on any atom is -0.618 e. The first-order chi connectivity index (χ1) is 6.77. The predicted molar refractivity (Wildman–Crippen MR) is 51.6 cm³/mol. The van der Waals surface area contributed by atoms with Crippen LogP contribution in [-0.4, -0.2) is 5.78 Å². The number of carbonyl (C=O) groups excluding carboxylic acids is 1. The summed E-state index contributed by atoms with van der Waals surface area (Å²) in [6.45, 7) is 0. The summed E-state index contributed by atoms with van der Waals surface area (Å²) in [7, 11) is 0. The van der Waals surface area contributed by atoms with Crippen molar-refractivity contribution in [2.24, 2.45) is 0 Å². The highest BCUT2D eigenvalue weighted by Gasteiger charge is 2.25. The van der Waals surface area contributed by atoms with E-state index in [0.717, 1.165) is 23.3 Å². The van der Waals surface area contributed by atoms with Gasteiger partial charge in [0, 0.05) is 30.9 Å². The van der Waals surface area contributed by atoms with E-state index in [2.05, 4.69) is 0 Å². The van der Waals surface area contributed by atoms with Crippen molar-refractivity contribution in [2.75, 3.05) is 0 Å². The lowest BCUT2D eigenvalue weighted by Crippen LogP contribution is -2.33. The predicted octanol–water partition coefficient (Wildman–Crippen LogP) is 1.55. The van der Waals surface area contributed by atoms with Crippen LogP contribution in [0.15, 0.2) is 24.4 Å². The zero-order valence-electron chi connectivity index (χ0n) is 7.98. The Morgan fingerprint density at radius 3 is 2.64 bits per heavy atom. The third kappa shape index (κ3) is 1.76. The fraction of sp³-hybridized carbons (Fsp3) is 0.455. The number of carbonyl (C=O) groups is 1. The number of pyridine rings is 1. The first-order valence-corrected chi connectivity index (χ1v) is 4.97. The number of aromatic nitrogens is 1. The van der Waals surface area contributed by atoms with E-state index in [4.69, 9.17) is 0 Å². The Kier molecular flexibility index (Phi) is 2.48. The average Bonchev–Trinajstić information content (AvgIpc) is 2.20. The molecule has 0 radical (unpaired) electrons. The fourth-order valence-corrected chi connectivity index (χ4v) is 1.99. The van der Waals surface area contributed by atoms with Crippen LogP contribution in [-0.2, 0) is 4.79 Å². The minimum absolute atomic E-state index is 0.270. The third-order valence-corrected chi connectivity index (χ3v) is 2.82. The van der Waals surface area contributed by atoms with Gasteiger partial charge >= 0.3 is 0 Å². The summed E-state index contributed by atoms with van der Waals surface area (Å²) in [5, 5.41) is 11.4. The van der Waals surface area contributed by atoms with Crippen LogP contribution in [0.5, 0.6) is 0 Å². The maximum Gasteiger partial charge on any atom is 0.195 e. The van der Waals surface area contributed by atoms with E-state index < -0.39 is 0 Å². The standard InChI is InChI=1S/C11H13NO2/c13-10-6-4-9(5-7-10)11-3-1-2-8-12(11)14/h1-3,8-9H,4-7H2. The monoisotopic (exact) mass is 191 g/mol. The normalized spacial score (nSPS) is 18.4. The van der Waals surface area contributed by atoms with Crippen molar-refractivity contribution >= 4 is 5.78 Å². The van der Waals surface area contributed by atoms with Crippen LogP contribution in [0.3, 0.4) is 0 Å². The topological polar surface area (TPSA) is 44.0 Å². The molecule has 0 unspecified atom stereocenters. The molecule has 1 saturated carbocycles. The van der Waals surface area contributed by atoms with Crippen molar-refractivity contribution in [3.8, 4) is 0 Å². The molecular weight excluding hydrogens is 178 g/mol. The van der Waals surface area contributed by atoms with Crippen molar-refractivity contribution in [1.29, 1.82) is 0 Å². The summed E-state index contributed by atoms with van der Waals surface area (Å²) in [5.74, 6) is 0.598. The highest BCUT2D eigenvalue weighted by Crippen LogP contribution is 2.28. The zero-order chi connectivity index (χ0) is 9.97. The molecule has 0 aliphatic heterocycles. The van der Waals surface area contributed by atoms with Crippen molar-refractivity contribution in [1.82, 2.24) is 0 Å². The lowest BCUT2D eigenvalue weighted by molar-refractivity contribution is -0.615. The van der Waals surface area contributed by atoms with Crippen LogP contribution in [0.25, 0.3) is 0 Å². The lowest BCUT2D eigenvalue weighted by Gasteiger charge is -2.19. The van der Waals surface area contributed by atoms with Crippen LogP contribution in [0.1, 0.15) is 37.3 Å². The molecule has 2 rings (SSSR count). The Balaban J connectivity index is 2.16. The maximum absolute atomic E-state index is 11.4. The van der Waals surface area contributed by atoms with E-state index in [0.29, 0.717) is 18.6 Å². The molecule has 1 aliphatic rings. The highest BCUT2D eigenvalue weighted by molar-refractivity contribution is 5.79. The molecule has 1 heterocycles. The van der Waals surface area contributed by atoms with Crippen LogP contribution >= 0.6 is 0 Å². The van der Waals surface area contributed by atoms with Crippen LogP contribution in [0.2, 0.25) is 0 Å². The van der Waals surface area contributed by atoms with Crippen LogP contribution in [0, 0.1) is 5.21 Å². The second kappa shape index (κ2) is 3.78. The molecule has 1 aromatic heterocycles. The van der Waals surface area contributed by atoms with E-state index >= 15 is 0 Å². The second-order valence-electron chi connectivity index (χ2n) is 3.76. The Bertz CT molecular complexity index is 339. The number of nitrogens with zero attached hydrogens (tertiary/aromatic N) is 1. The summed E-state index contributed by atoms with van der Waals surface area (Å²) >= 11 is 0. The maximum atomic E-state index is 11.4. The van der Waals surface area contributed by atoms with Gasteiger partial charge in [-0.25, -0.2) is 0 Å². The SMILES string of the molecule is O=C1CCC(c2cccc[n+]2[O-])CC1. The Morgan fingerprint density at radius 2 is 2.00 bits per heavy atom. The average molecular weight is 191 g/mol. The molecule has 3 nitrogen and oxygen atoms in total. The van der Waals surface area contributed by atoms with Gasteiger partial charge in [-0.3, -0.25) is 4.79 Å². The van der Waals surface area contributed by atoms with Crippen molar-refractivity contribution in [3.63, 3.8) is 0 Å². The molecule has 14 heavy (non-hydrogen) atoms. The number of ketones is 1. The van der Waals surface area contributed by atoms with Gasteiger partial charge in [-0.15, -0.1) is 0 Å². The molecule has 0 N–H and O–H groups in total. The molecule has 1 fully saturated rings. The Morgan fingerprint density at radius 1 is 1.29 bits per heavy atom. The molecule has 0 bridgehead atoms. The molecule has 1 aliphatic carbocycles. The van der Waals surface area contributed by atoms with Gasteiger partial charge in [0.25, 0.3) is 0 Å². The molecule has 74 valence electrons. The summed E-state index contributed by atoms with van der Waals surface area (Å²) in [6.07, 6.45) is 4.42. The quantitative estimate of drug-likeness (QED) is 0.499. The number of Topliss-reactive ketones (excluding diaryl/α,β-unsaturated/α-hetero) is 1. The number of rotatable bonds is 1. The van der Waals surface area contributed by atoms with Crippen molar-refractivity contribution in [3.05, 3.63) is 35.3 Å². The van der Waals surface area contributed by atoms with E-state index in [-0.39, 0.29) is 5.92 Å². The van der Waals surface area contributed by atoms with Crippen molar-refractivity contribution in [2.45, 2.75) is 31.6 Å². The minimum atomic E-state index is 0.270. The lowest BCUT2D eigenvalue weighted by atomic mass is 9.86. The van der Waals surface area contributed by atoms with Gasteiger partial charge in [-0.05, 0) is 12.8 Å². The molecular formula is C11H13NO2. The van der Waals surface area contributed by atoms with Gasteiger partial charge in [-0.1, -0.05) is 6.07 Å². The molecule has 3 heteroatoms. The first kappa shape index (κ1) is 9.19. The molecule has 0 amide bonds. The van der Waals surface area contributed by atoms with Gasteiger partial charge in [0.15, 0.2) is 11.9 Å².